The number of benzene rings is 2. The van der Waals surface area contributed by atoms with Crippen LogP contribution in [0, 0.1) is 0 Å². The minimum atomic E-state index is -0.181. The van der Waals surface area contributed by atoms with Crippen molar-refractivity contribution in [2.75, 3.05) is 26.2 Å². The Kier molecular flexibility index (Phi) is 7.38. The molecular weight excluding hydrogens is 452 g/mol. The highest BCUT2D eigenvalue weighted by Gasteiger charge is 2.27. The number of aromatic nitrogens is 2. The molecule has 2 aromatic heterocycles. The third kappa shape index (κ3) is 5.47. The van der Waals surface area contributed by atoms with Crippen LogP contribution in [0.4, 0.5) is 0 Å². The van der Waals surface area contributed by atoms with Gasteiger partial charge in [0.25, 0.3) is 5.56 Å². The molecule has 5 rings (SSSR count). The summed E-state index contributed by atoms with van der Waals surface area (Å²) in [4.78, 5) is 29.5. The first-order chi connectivity index (χ1) is 17.7. The summed E-state index contributed by atoms with van der Waals surface area (Å²) >= 11 is 0. The average Bonchev–Trinajstić information content (AvgIpc) is 3.47. The van der Waals surface area contributed by atoms with E-state index in [1.807, 2.05) is 17.0 Å². The number of carbonyl (C=O) groups is 1. The van der Waals surface area contributed by atoms with Gasteiger partial charge in [-0.05, 0) is 35.7 Å². The van der Waals surface area contributed by atoms with Crippen molar-refractivity contribution in [3.05, 3.63) is 113 Å². The molecule has 0 N–H and O–H groups in total. The van der Waals surface area contributed by atoms with Gasteiger partial charge in [-0.15, -0.1) is 0 Å². The average molecular weight is 483 g/mol. The van der Waals surface area contributed by atoms with Crippen molar-refractivity contribution in [1.29, 1.82) is 0 Å². The second kappa shape index (κ2) is 11.2. The SMILES string of the molecule is O=C(CCCn1nc(-c2ccco2)ccc1=O)N1CCN(C(c2ccccc2)c2ccccc2)CC1. The molecule has 184 valence electrons. The van der Waals surface area contributed by atoms with E-state index in [2.05, 4.69) is 58.5 Å². The normalized spacial score (nSPS) is 14.3. The molecule has 1 aliphatic rings. The van der Waals surface area contributed by atoms with E-state index in [1.165, 1.54) is 21.9 Å². The minimum Gasteiger partial charge on any atom is -0.463 e. The van der Waals surface area contributed by atoms with Gasteiger partial charge in [0.2, 0.25) is 5.91 Å². The van der Waals surface area contributed by atoms with Crippen LogP contribution in [-0.2, 0) is 11.3 Å². The molecule has 7 nitrogen and oxygen atoms in total. The van der Waals surface area contributed by atoms with E-state index in [-0.39, 0.29) is 17.5 Å². The van der Waals surface area contributed by atoms with Gasteiger partial charge in [-0.25, -0.2) is 4.68 Å². The molecule has 1 aliphatic heterocycles. The lowest BCUT2D eigenvalue weighted by atomic mass is 9.96. The molecular formula is C29H30N4O3. The van der Waals surface area contributed by atoms with Crippen molar-refractivity contribution in [3.63, 3.8) is 0 Å². The molecule has 0 saturated carbocycles. The Morgan fingerprint density at radius 2 is 1.50 bits per heavy atom. The van der Waals surface area contributed by atoms with E-state index in [0.29, 0.717) is 43.9 Å². The van der Waals surface area contributed by atoms with Gasteiger partial charge in [0.15, 0.2) is 5.76 Å². The summed E-state index contributed by atoms with van der Waals surface area (Å²) in [5.41, 5.74) is 2.95. The molecule has 0 atom stereocenters. The Morgan fingerprint density at radius 1 is 0.833 bits per heavy atom. The van der Waals surface area contributed by atoms with Crippen LogP contribution < -0.4 is 5.56 Å². The Labute approximate surface area is 210 Å². The van der Waals surface area contributed by atoms with Crippen molar-refractivity contribution in [3.8, 4) is 11.5 Å². The molecule has 1 fully saturated rings. The predicted octanol–water partition coefficient (Wildman–Crippen LogP) is 4.22. The highest BCUT2D eigenvalue weighted by atomic mass is 16.3. The molecule has 36 heavy (non-hydrogen) atoms. The van der Waals surface area contributed by atoms with E-state index in [4.69, 9.17) is 4.42 Å². The van der Waals surface area contributed by atoms with E-state index in [9.17, 15) is 9.59 Å². The molecule has 7 heteroatoms. The standard InChI is InChI=1S/C29H30N4O3/c34-27(14-7-17-33-28(35)16-15-25(30-33)26-13-8-22-36-26)31-18-20-32(21-19-31)29(23-9-3-1-4-10-23)24-11-5-2-6-12-24/h1-6,8-13,15-16,22,29H,7,14,17-21H2. The maximum Gasteiger partial charge on any atom is 0.266 e. The van der Waals surface area contributed by atoms with E-state index in [0.717, 1.165) is 13.1 Å². The Hall–Kier alpha value is -3.97. The first kappa shape index (κ1) is 23.8. The molecule has 0 aliphatic carbocycles. The zero-order valence-corrected chi connectivity index (χ0v) is 20.2. The number of furan rings is 1. The van der Waals surface area contributed by atoms with Crippen LogP contribution in [-0.4, -0.2) is 51.7 Å². The van der Waals surface area contributed by atoms with Crippen molar-refractivity contribution < 1.29 is 9.21 Å². The highest BCUT2D eigenvalue weighted by Crippen LogP contribution is 2.29. The molecule has 0 bridgehead atoms. The smallest absolute Gasteiger partial charge is 0.266 e. The number of aryl methyl sites for hydroxylation is 1. The number of rotatable bonds is 8. The molecule has 0 unspecified atom stereocenters. The molecule has 0 radical (unpaired) electrons. The largest absolute Gasteiger partial charge is 0.463 e. The van der Waals surface area contributed by atoms with Crippen molar-refractivity contribution in [2.45, 2.75) is 25.4 Å². The minimum absolute atomic E-state index is 0.126. The lowest BCUT2D eigenvalue weighted by Gasteiger charge is -2.40. The number of piperazine rings is 1. The Bertz CT molecular complexity index is 1270. The van der Waals surface area contributed by atoms with Crippen LogP contribution in [0.3, 0.4) is 0 Å². The summed E-state index contributed by atoms with van der Waals surface area (Å²) in [6, 6.07) is 28.0. The van der Waals surface area contributed by atoms with Crippen LogP contribution >= 0.6 is 0 Å². The first-order valence-electron chi connectivity index (χ1n) is 12.4. The Balaban J connectivity index is 1.17. The summed E-state index contributed by atoms with van der Waals surface area (Å²) in [5.74, 6) is 0.739. The zero-order chi connectivity index (χ0) is 24.7. The fourth-order valence-corrected chi connectivity index (χ4v) is 4.82. The van der Waals surface area contributed by atoms with Crippen LogP contribution in [0.25, 0.3) is 11.5 Å². The zero-order valence-electron chi connectivity index (χ0n) is 20.2. The van der Waals surface area contributed by atoms with E-state index in [1.54, 1.807) is 24.5 Å². The number of hydrogen-bond acceptors (Lipinski definition) is 5. The number of hydrogen-bond donors (Lipinski definition) is 0. The fourth-order valence-electron chi connectivity index (χ4n) is 4.82. The van der Waals surface area contributed by atoms with E-state index >= 15 is 0 Å². The predicted molar refractivity (Wildman–Crippen MR) is 138 cm³/mol. The van der Waals surface area contributed by atoms with Crippen LogP contribution in [0.15, 0.2) is 100 Å². The van der Waals surface area contributed by atoms with Crippen LogP contribution in [0.2, 0.25) is 0 Å². The molecule has 4 aromatic rings. The van der Waals surface area contributed by atoms with Crippen molar-refractivity contribution >= 4 is 5.91 Å². The number of carbonyl (C=O) groups excluding carboxylic acids is 1. The topological polar surface area (TPSA) is 71.6 Å². The first-order valence-corrected chi connectivity index (χ1v) is 12.4. The van der Waals surface area contributed by atoms with Gasteiger partial charge >= 0.3 is 0 Å². The van der Waals surface area contributed by atoms with E-state index < -0.39 is 0 Å². The Morgan fingerprint density at radius 3 is 2.11 bits per heavy atom. The summed E-state index contributed by atoms with van der Waals surface area (Å²) < 4.78 is 6.79. The third-order valence-electron chi connectivity index (χ3n) is 6.66. The van der Waals surface area contributed by atoms with Gasteiger partial charge in [0, 0.05) is 45.2 Å². The highest BCUT2D eigenvalue weighted by molar-refractivity contribution is 5.76. The van der Waals surface area contributed by atoms with Crippen LogP contribution in [0.1, 0.15) is 30.0 Å². The lowest BCUT2D eigenvalue weighted by Crippen LogP contribution is -2.49. The van der Waals surface area contributed by atoms with Crippen LogP contribution in [0.5, 0.6) is 0 Å². The second-order valence-corrected chi connectivity index (χ2v) is 9.00. The van der Waals surface area contributed by atoms with Gasteiger partial charge in [-0.1, -0.05) is 60.7 Å². The third-order valence-corrected chi connectivity index (χ3v) is 6.66. The van der Waals surface area contributed by atoms with Crippen molar-refractivity contribution in [1.82, 2.24) is 19.6 Å². The van der Waals surface area contributed by atoms with Gasteiger partial charge in [0.05, 0.1) is 12.3 Å². The summed E-state index contributed by atoms with van der Waals surface area (Å²) in [5, 5.41) is 4.39. The maximum atomic E-state index is 12.9. The summed E-state index contributed by atoms with van der Waals surface area (Å²) in [6.07, 6.45) is 2.52. The molecule has 0 spiro atoms. The second-order valence-electron chi connectivity index (χ2n) is 9.00. The summed E-state index contributed by atoms with van der Waals surface area (Å²) in [6.45, 7) is 3.41. The number of amides is 1. The molecule has 1 amide bonds. The van der Waals surface area contributed by atoms with Gasteiger partial charge in [-0.3, -0.25) is 14.5 Å². The quantitative estimate of drug-likeness (QED) is 0.376. The summed E-state index contributed by atoms with van der Waals surface area (Å²) in [7, 11) is 0. The molecule has 3 heterocycles. The van der Waals surface area contributed by atoms with Gasteiger partial charge in [-0.2, -0.15) is 5.10 Å². The maximum absolute atomic E-state index is 12.9. The molecule has 1 saturated heterocycles. The lowest BCUT2D eigenvalue weighted by molar-refractivity contribution is -0.133. The number of nitrogens with zero attached hydrogens (tertiary/aromatic N) is 4. The van der Waals surface area contributed by atoms with Gasteiger partial charge in [0.1, 0.15) is 5.69 Å². The van der Waals surface area contributed by atoms with Gasteiger partial charge < -0.3 is 9.32 Å². The molecule has 2 aromatic carbocycles. The fraction of sp³-hybridized carbons (Fsp3) is 0.276. The van der Waals surface area contributed by atoms with Crippen molar-refractivity contribution in [2.24, 2.45) is 0 Å². The monoisotopic (exact) mass is 482 g/mol.